The molecule has 3 atom stereocenters. The average Bonchev–Trinajstić information content (AvgIpc) is 2.50. The Morgan fingerprint density at radius 2 is 2.19 bits per heavy atom. The summed E-state index contributed by atoms with van der Waals surface area (Å²) in [5.74, 6) is -0.0712. The van der Waals surface area contributed by atoms with Gasteiger partial charge < -0.3 is 10.0 Å². The summed E-state index contributed by atoms with van der Waals surface area (Å²) >= 11 is 0. The van der Waals surface area contributed by atoms with Crippen molar-refractivity contribution in [2.24, 2.45) is 5.92 Å². The van der Waals surface area contributed by atoms with Crippen molar-refractivity contribution in [3.05, 3.63) is 34.9 Å². The molecule has 0 spiro atoms. The van der Waals surface area contributed by atoms with E-state index in [0.29, 0.717) is 11.6 Å². The number of hydrogen-bond acceptors (Lipinski definition) is 2. The van der Waals surface area contributed by atoms with Crippen molar-refractivity contribution in [1.82, 2.24) is 4.90 Å². The third kappa shape index (κ3) is 1.80. The van der Waals surface area contributed by atoms with Crippen LogP contribution in [0.2, 0.25) is 0 Å². The molecule has 112 valence electrons. The van der Waals surface area contributed by atoms with Gasteiger partial charge in [-0.2, -0.15) is 0 Å². The topological polar surface area (TPSA) is 40.5 Å². The lowest BCUT2D eigenvalue weighted by Crippen LogP contribution is -2.59. The fourth-order valence-corrected chi connectivity index (χ4v) is 5.33. The number of rotatable bonds is 1. The van der Waals surface area contributed by atoms with Crippen LogP contribution in [0.15, 0.2) is 18.2 Å². The van der Waals surface area contributed by atoms with Gasteiger partial charge in [-0.05, 0) is 68.5 Å². The monoisotopic (exact) mass is 285 g/mol. The normalized spacial score (nSPS) is 34.9. The number of carboxylic acids is 1. The molecule has 1 saturated heterocycles. The van der Waals surface area contributed by atoms with Crippen molar-refractivity contribution in [3.8, 4) is 0 Å². The molecule has 2 fully saturated rings. The van der Waals surface area contributed by atoms with E-state index in [-0.39, 0.29) is 5.41 Å². The molecule has 1 aromatic carbocycles. The fourth-order valence-electron chi connectivity index (χ4n) is 5.33. The first kappa shape index (κ1) is 13.3. The molecule has 2 bridgehead atoms. The number of fused-ring (bicyclic) bond motifs is 1. The second-order valence-electron chi connectivity index (χ2n) is 7.19. The molecule has 3 aliphatic rings. The van der Waals surface area contributed by atoms with Gasteiger partial charge in [0.1, 0.15) is 0 Å². The predicted octanol–water partition coefficient (Wildman–Crippen LogP) is 3.07. The smallest absolute Gasteiger partial charge is 0.335 e. The van der Waals surface area contributed by atoms with Crippen LogP contribution in [-0.2, 0) is 11.8 Å². The minimum Gasteiger partial charge on any atom is -0.478 e. The second kappa shape index (κ2) is 4.57. The minimum absolute atomic E-state index is 0.258. The standard InChI is InChI=1S/C18H23NO2/c1-19-9-8-18-7-3-2-4-14(18)16(19)11-12-5-6-13(17(20)21)10-15(12)18/h5-6,10,14,16H,2-4,7-9,11H2,1H3,(H,20,21)/t14-,16-,18-/m1/s1. The van der Waals surface area contributed by atoms with Crippen molar-refractivity contribution in [1.29, 1.82) is 0 Å². The Morgan fingerprint density at radius 3 is 3.00 bits per heavy atom. The summed E-state index contributed by atoms with van der Waals surface area (Å²) in [5, 5.41) is 9.34. The van der Waals surface area contributed by atoms with Crippen LogP contribution in [0.25, 0.3) is 0 Å². The van der Waals surface area contributed by atoms with Crippen LogP contribution >= 0.6 is 0 Å². The van der Waals surface area contributed by atoms with Crippen LogP contribution in [0.5, 0.6) is 0 Å². The molecular formula is C18H23NO2. The molecule has 1 aliphatic heterocycles. The summed E-state index contributed by atoms with van der Waals surface area (Å²) in [6, 6.07) is 6.52. The third-order valence-corrected chi connectivity index (χ3v) is 6.36. The Balaban J connectivity index is 1.89. The lowest BCUT2D eigenvalue weighted by molar-refractivity contribution is 0.00279. The molecule has 1 heterocycles. The van der Waals surface area contributed by atoms with Crippen LogP contribution < -0.4 is 0 Å². The first-order valence-electron chi connectivity index (χ1n) is 8.19. The van der Waals surface area contributed by atoms with Crippen LogP contribution in [0.1, 0.15) is 53.6 Å². The summed E-state index contributed by atoms with van der Waals surface area (Å²) in [7, 11) is 2.26. The van der Waals surface area contributed by atoms with Gasteiger partial charge in [0.25, 0.3) is 0 Å². The zero-order valence-electron chi connectivity index (χ0n) is 12.6. The average molecular weight is 285 g/mol. The van der Waals surface area contributed by atoms with E-state index in [9.17, 15) is 9.90 Å². The van der Waals surface area contributed by atoms with E-state index in [1.54, 1.807) is 6.07 Å². The number of hydrogen-bond donors (Lipinski definition) is 1. The van der Waals surface area contributed by atoms with E-state index in [1.165, 1.54) is 43.2 Å². The summed E-state index contributed by atoms with van der Waals surface area (Å²) in [5.41, 5.74) is 3.49. The molecule has 0 unspecified atom stereocenters. The van der Waals surface area contributed by atoms with Gasteiger partial charge in [0.15, 0.2) is 0 Å². The molecule has 1 saturated carbocycles. The Morgan fingerprint density at radius 1 is 1.33 bits per heavy atom. The second-order valence-corrected chi connectivity index (χ2v) is 7.19. The summed E-state index contributed by atoms with van der Waals surface area (Å²) in [4.78, 5) is 13.9. The molecular weight excluding hydrogens is 262 g/mol. The van der Waals surface area contributed by atoms with Crippen molar-refractivity contribution < 1.29 is 9.90 Å². The van der Waals surface area contributed by atoms with Gasteiger partial charge in [0.05, 0.1) is 5.56 Å². The third-order valence-electron chi connectivity index (χ3n) is 6.36. The van der Waals surface area contributed by atoms with Crippen molar-refractivity contribution in [2.45, 2.75) is 50.0 Å². The Kier molecular flexibility index (Phi) is 2.90. The quantitative estimate of drug-likeness (QED) is 0.862. The maximum absolute atomic E-state index is 11.4. The van der Waals surface area contributed by atoms with Gasteiger partial charge in [0, 0.05) is 11.5 Å². The maximum atomic E-state index is 11.4. The minimum atomic E-state index is -0.795. The highest BCUT2D eigenvalue weighted by Crippen LogP contribution is 2.55. The lowest BCUT2D eigenvalue weighted by Gasteiger charge is -2.58. The van der Waals surface area contributed by atoms with Gasteiger partial charge >= 0.3 is 5.97 Å². The molecule has 0 amide bonds. The van der Waals surface area contributed by atoms with E-state index < -0.39 is 5.97 Å². The van der Waals surface area contributed by atoms with E-state index in [0.717, 1.165) is 18.9 Å². The molecule has 3 nitrogen and oxygen atoms in total. The molecule has 1 N–H and O–H groups in total. The molecule has 1 aromatic rings. The summed E-state index contributed by atoms with van der Waals surface area (Å²) in [6.07, 6.45) is 7.48. The Bertz CT molecular complexity index is 597. The van der Waals surface area contributed by atoms with Gasteiger partial charge in [-0.15, -0.1) is 0 Å². The molecule has 2 aliphatic carbocycles. The van der Waals surface area contributed by atoms with Crippen molar-refractivity contribution >= 4 is 5.97 Å². The fraction of sp³-hybridized carbons (Fsp3) is 0.611. The van der Waals surface area contributed by atoms with Crippen LogP contribution in [-0.4, -0.2) is 35.6 Å². The molecule has 3 heteroatoms. The highest BCUT2D eigenvalue weighted by atomic mass is 16.4. The first-order chi connectivity index (χ1) is 10.1. The summed E-state index contributed by atoms with van der Waals surface area (Å²) < 4.78 is 0. The van der Waals surface area contributed by atoms with Crippen LogP contribution in [0, 0.1) is 5.92 Å². The number of nitrogens with zero attached hydrogens (tertiary/aromatic N) is 1. The number of benzene rings is 1. The molecule has 0 aromatic heterocycles. The van der Waals surface area contributed by atoms with E-state index >= 15 is 0 Å². The number of carbonyl (C=O) groups is 1. The van der Waals surface area contributed by atoms with Crippen molar-refractivity contribution in [2.75, 3.05) is 13.6 Å². The SMILES string of the molecule is CN1CC[C@]23CCCC[C@@H]2[C@H]1Cc1ccc(C(=O)O)cc13. The zero-order valence-corrected chi connectivity index (χ0v) is 12.6. The number of carboxylic acid groups (broad SMARTS) is 1. The van der Waals surface area contributed by atoms with Crippen molar-refractivity contribution in [3.63, 3.8) is 0 Å². The van der Waals surface area contributed by atoms with Crippen LogP contribution in [0.3, 0.4) is 0 Å². The highest BCUT2D eigenvalue weighted by molar-refractivity contribution is 5.88. The molecule has 4 rings (SSSR count). The zero-order chi connectivity index (χ0) is 14.6. The van der Waals surface area contributed by atoms with Gasteiger partial charge in [-0.3, -0.25) is 0 Å². The Labute approximate surface area is 126 Å². The van der Waals surface area contributed by atoms with Gasteiger partial charge in [0.2, 0.25) is 0 Å². The Hall–Kier alpha value is -1.35. The maximum Gasteiger partial charge on any atom is 0.335 e. The predicted molar refractivity (Wildman–Crippen MR) is 81.8 cm³/mol. The molecule has 21 heavy (non-hydrogen) atoms. The molecule has 0 radical (unpaired) electrons. The van der Waals surface area contributed by atoms with E-state index in [4.69, 9.17) is 0 Å². The number of piperidine rings is 1. The van der Waals surface area contributed by atoms with Gasteiger partial charge in [-0.1, -0.05) is 18.9 Å². The number of aromatic carboxylic acids is 1. The lowest BCUT2D eigenvalue weighted by atomic mass is 9.52. The first-order valence-corrected chi connectivity index (χ1v) is 8.19. The number of likely N-dealkylation sites (tertiary alicyclic amines) is 1. The van der Waals surface area contributed by atoms with Gasteiger partial charge in [-0.25, -0.2) is 4.79 Å². The largest absolute Gasteiger partial charge is 0.478 e. The van der Waals surface area contributed by atoms with Crippen LogP contribution in [0.4, 0.5) is 0 Å². The van der Waals surface area contributed by atoms with E-state index in [1.807, 2.05) is 6.07 Å². The summed E-state index contributed by atoms with van der Waals surface area (Å²) in [6.45, 7) is 1.15. The number of likely N-dealkylation sites (N-methyl/N-ethyl adjacent to an activating group) is 1. The highest BCUT2D eigenvalue weighted by Gasteiger charge is 2.53. The van der Waals surface area contributed by atoms with E-state index in [2.05, 4.69) is 18.0 Å².